The van der Waals surface area contributed by atoms with Crippen molar-refractivity contribution < 1.29 is 8.78 Å². The summed E-state index contributed by atoms with van der Waals surface area (Å²) < 4.78 is 29.2. The number of aryl methyl sites for hydroxylation is 1. The van der Waals surface area contributed by atoms with Crippen molar-refractivity contribution in [2.75, 3.05) is 0 Å². The second-order valence-electron chi connectivity index (χ2n) is 7.00. The van der Waals surface area contributed by atoms with Crippen LogP contribution in [0.25, 0.3) is 0 Å². The van der Waals surface area contributed by atoms with Crippen molar-refractivity contribution in [2.24, 2.45) is 4.99 Å². The van der Waals surface area contributed by atoms with Gasteiger partial charge < -0.3 is 9.88 Å². The van der Waals surface area contributed by atoms with E-state index in [4.69, 9.17) is 4.99 Å². The first-order chi connectivity index (χ1) is 13.9. The van der Waals surface area contributed by atoms with Gasteiger partial charge >= 0.3 is 0 Å². The molecular formula is C22H20F2N4O. The third-order valence-corrected chi connectivity index (χ3v) is 5.34. The molecule has 3 heterocycles. The van der Waals surface area contributed by atoms with Crippen LogP contribution in [0.15, 0.2) is 70.7 Å². The molecule has 4 rings (SSSR count). The molecule has 0 radical (unpaired) electrons. The Kier molecular flexibility index (Phi) is 4.74. The zero-order valence-electron chi connectivity index (χ0n) is 16.1. The summed E-state index contributed by atoms with van der Waals surface area (Å²) in [6, 6.07) is 12.0. The van der Waals surface area contributed by atoms with Crippen LogP contribution in [0.2, 0.25) is 0 Å². The van der Waals surface area contributed by atoms with Crippen LogP contribution in [-0.2, 0) is 12.1 Å². The van der Waals surface area contributed by atoms with E-state index < -0.39 is 11.5 Å². The average molecular weight is 394 g/mol. The minimum atomic E-state index is -0.903. The molecule has 1 N–H and O–H groups in total. The highest BCUT2D eigenvalue weighted by Gasteiger charge is 2.45. The second-order valence-corrected chi connectivity index (χ2v) is 7.00. The number of hydrogen-bond donors (Lipinski definition) is 1. The number of halogens is 2. The number of amidine groups is 1. The highest BCUT2D eigenvalue weighted by atomic mass is 19.1. The maximum Gasteiger partial charge on any atom is 0.250 e. The first-order valence-corrected chi connectivity index (χ1v) is 9.39. The molecule has 1 aliphatic heterocycles. The topological polar surface area (TPSA) is 59.3 Å². The first kappa shape index (κ1) is 19.0. The maximum absolute atomic E-state index is 14.0. The molecule has 1 aromatic carbocycles. The lowest BCUT2D eigenvalue weighted by Gasteiger charge is -2.35. The number of nitrogens with one attached hydrogen (secondary N) is 1. The number of hydrogen-bond acceptors (Lipinski definition) is 4. The van der Waals surface area contributed by atoms with Gasteiger partial charge in [0.25, 0.3) is 5.56 Å². The van der Waals surface area contributed by atoms with Gasteiger partial charge in [0.05, 0.1) is 6.04 Å². The van der Waals surface area contributed by atoms with Crippen molar-refractivity contribution in [2.45, 2.75) is 32.0 Å². The summed E-state index contributed by atoms with van der Waals surface area (Å²) in [5.74, 6) is -0.376. The van der Waals surface area contributed by atoms with Gasteiger partial charge in [-0.3, -0.25) is 9.79 Å². The van der Waals surface area contributed by atoms with Gasteiger partial charge in [-0.1, -0.05) is 12.1 Å². The first-order valence-electron chi connectivity index (χ1n) is 9.39. The van der Waals surface area contributed by atoms with Gasteiger partial charge in [0.15, 0.2) is 0 Å². The van der Waals surface area contributed by atoms with Gasteiger partial charge in [-0.2, -0.15) is 4.39 Å². The van der Waals surface area contributed by atoms with E-state index in [1.165, 1.54) is 30.5 Å². The highest BCUT2D eigenvalue weighted by Crippen LogP contribution is 2.38. The van der Waals surface area contributed by atoms with E-state index in [2.05, 4.69) is 10.3 Å². The van der Waals surface area contributed by atoms with Crippen LogP contribution < -0.4 is 10.9 Å². The summed E-state index contributed by atoms with van der Waals surface area (Å²) in [4.78, 5) is 20.4. The van der Waals surface area contributed by atoms with Gasteiger partial charge in [0, 0.05) is 30.6 Å². The number of benzene rings is 1. The number of aliphatic imine (C=N–C) groups is 1. The molecule has 148 valence electrons. The minimum Gasteiger partial charge on any atom is -0.354 e. The lowest BCUT2D eigenvalue weighted by molar-refractivity contribution is 0.429. The van der Waals surface area contributed by atoms with Crippen molar-refractivity contribution in [1.82, 2.24) is 14.9 Å². The standard InChI is InChI=1S/C22H20F2N4O/c1-3-28-13-15(4-9-20(28)29)21-26-14(2)22(27-21,16-5-7-18(23)8-6-16)17-10-11-25-19(24)12-17/h4-14H,3H2,1-2H3,(H,26,27)/t14-,22+/m0/s1. The Morgan fingerprint density at radius 2 is 1.86 bits per heavy atom. The van der Waals surface area contributed by atoms with Crippen molar-refractivity contribution in [3.8, 4) is 0 Å². The van der Waals surface area contributed by atoms with E-state index in [1.807, 2.05) is 13.8 Å². The van der Waals surface area contributed by atoms with Crippen molar-refractivity contribution >= 4 is 5.84 Å². The molecule has 7 heteroatoms. The van der Waals surface area contributed by atoms with Crippen LogP contribution >= 0.6 is 0 Å². The predicted octanol–water partition coefficient (Wildman–Crippen LogP) is 3.22. The summed E-state index contributed by atoms with van der Waals surface area (Å²) in [6.07, 6.45) is 3.15. The van der Waals surface area contributed by atoms with Crippen LogP contribution in [-0.4, -0.2) is 21.4 Å². The molecular weight excluding hydrogens is 374 g/mol. The fourth-order valence-electron chi connectivity index (χ4n) is 3.83. The average Bonchev–Trinajstić information content (AvgIpc) is 3.07. The Morgan fingerprint density at radius 1 is 1.10 bits per heavy atom. The number of rotatable bonds is 4. The van der Waals surface area contributed by atoms with Crippen LogP contribution in [0, 0.1) is 11.8 Å². The molecule has 0 spiro atoms. The summed E-state index contributed by atoms with van der Waals surface area (Å²) in [6.45, 7) is 4.34. The summed E-state index contributed by atoms with van der Waals surface area (Å²) in [7, 11) is 0. The largest absolute Gasteiger partial charge is 0.354 e. The third kappa shape index (κ3) is 3.22. The fraction of sp³-hybridized carbons (Fsp3) is 0.227. The normalized spacial score (nSPS) is 21.0. The predicted molar refractivity (Wildman–Crippen MR) is 107 cm³/mol. The van der Waals surface area contributed by atoms with Crippen LogP contribution in [0.4, 0.5) is 8.78 Å². The number of aromatic nitrogens is 2. The number of nitrogens with zero attached hydrogens (tertiary/aromatic N) is 3. The van der Waals surface area contributed by atoms with E-state index in [9.17, 15) is 13.6 Å². The highest BCUT2D eigenvalue weighted by molar-refractivity contribution is 6.01. The van der Waals surface area contributed by atoms with Crippen molar-refractivity contribution in [3.05, 3.63) is 99.7 Å². The lowest BCUT2D eigenvalue weighted by atomic mass is 9.78. The minimum absolute atomic E-state index is 0.0936. The molecule has 29 heavy (non-hydrogen) atoms. The molecule has 0 aliphatic carbocycles. The molecule has 2 atom stereocenters. The number of pyridine rings is 2. The zero-order valence-corrected chi connectivity index (χ0v) is 16.1. The Balaban J connectivity index is 1.85. The molecule has 0 bridgehead atoms. The van der Waals surface area contributed by atoms with Crippen LogP contribution in [0.3, 0.4) is 0 Å². The van der Waals surface area contributed by atoms with E-state index in [-0.39, 0.29) is 17.4 Å². The van der Waals surface area contributed by atoms with Crippen LogP contribution in [0.1, 0.15) is 30.5 Å². The second kappa shape index (κ2) is 7.24. The molecule has 2 aromatic heterocycles. The lowest BCUT2D eigenvalue weighted by Crippen LogP contribution is -2.48. The van der Waals surface area contributed by atoms with E-state index in [0.717, 1.165) is 11.1 Å². The smallest absolute Gasteiger partial charge is 0.250 e. The Hall–Kier alpha value is -3.35. The Morgan fingerprint density at radius 3 is 2.55 bits per heavy atom. The van der Waals surface area contributed by atoms with Gasteiger partial charge in [-0.15, -0.1) is 0 Å². The Labute approximate surface area is 166 Å². The van der Waals surface area contributed by atoms with Crippen molar-refractivity contribution in [3.63, 3.8) is 0 Å². The van der Waals surface area contributed by atoms with Gasteiger partial charge in [-0.05, 0) is 55.3 Å². The molecule has 3 aromatic rings. The molecule has 1 aliphatic rings. The van der Waals surface area contributed by atoms with Crippen molar-refractivity contribution in [1.29, 1.82) is 0 Å². The van der Waals surface area contributed by atoms with E-state index in [0.29, 0.717) is 17.9 Å². The molecule has 5 nitrogen and oxygen atoms in total. The summed E-state index contributed by atoms with van der Waals surface area (Å²) in [5.41, 5.74) is 1.13. The zero-order chi connectivity index (χ0) is 20.6. The maximum atomic E-state index is 14.0. The molecule has 0 fully saturated rings. The van der Waals surface area contributed by atoms with Crippen LogP contribution in [0.5, 0.6) is 0 Å². The Bertz CT molecular complexity index is 1140. The fourth-order valence-corrected chi connectivity index (χ4v) is 3.83. The molecule has 0 amide bonds. The summed E-state index contributed by atoms with van der Waals surface area (Å²) in [5, 5.41) is 3.44. The quantitative estimate of drug-likeness (QED) is 0.692. The SMILES string of the molecule is CCn1cc(C2=N[C@@H](C)[C@@](c3ccc(F)cc3)(c3ccnc(F)c3)N2)ccc1=O. The molecule has 0 saturated heterocycles. The van der Waals surface area contributed by atoms with E-state index >= 15 is 0 Å². The van der Waals surface area contributed by atoms with Gasteiger partial charge in [0.2, 0.25) is 5.95 Å². The van der Waals surface area contributed by atoms with E-state index in [1.54, 1.807) is 35.0 Å². The molecule has 0 saturated carbocycles. The molecule has 0 unspecified atom stereocenters. The third-order valence-electron chi connectivity index (χ3n) is 5.34. The summed E-state index contributed by atoms with van der Waals surface area (Å²) >= 11 is 0. The monoisotopic (exact) mass is 394 g/mol. The van der Waals surface area contributed by atoms with Gasteiger partial charge in [0.1, 0.15) is 17.2 Å². The van der Waals surface area contributed by atoms with Gasteiger partial charge in [-0.25, -0.2) is 9.37 Å².